The quantitative estimate of drug-likeness (QED) is 0.849. The van der Waals surface area contributed by atoms with Crippen molar-refractivity contribution in [2.45, 2.75) is 33.9 Å². The van der Waals surface area contributed by atoms with Crippen LogP contribution in [-0.2, 0) is 14.2 Å². The summed E-state index contributed by atoms with van der Waals surface area (Å²) in [6, 6.07) is 9.81. The summed E-state index contributed by atoms with van der Waals surface area (Å²) >= 11 is 3.67. The number of ether oxygens (including phenoxy) is 3. The lowest BCUT2D eigenvalue weighted by Gasteiger charge is -2.29. The Balaban J connectivity index is 1.72. The molecule has 0 unspecified atom stereocenters. The van der Waals surface area contributed by atoms with Crippen LogP contribution in [0.15, 0.2) is 29.2 Å². The van der Waals surface area contributed by atoms with E-state index in [0.29, 0.717) is 5.56 Å². The van der Waals surface area contributed by atoms with E-state index >= 15 is 0 Å². The van der Waals surface area contributed by atoms with Crippen LogP contribution in [0.25, 0.3) is 0 Å². The smallest absolute Gasteiger partial charge is 0.114 e. The standard InChI is InChI=1S/C15H17NO3S2/c1-17-12-11-8-20-15(14(19-11)13(12)18-2)21-10-5-3-9(7-16)4-6-10/h3-6,11-15H,8H2,1-2H3/t11-,12-,13+,14-,15-/m1/s1. The van der Waals surface area contributed by atoms with Crippen LogP contribution in [0.4, 0.5) is 0 Å². The molecule has 2 saturated heterocycles. The molecule has 1 aromatic rings. The lowest BCUT2D eigenvalue weighted by molar-refractivity contribution is -0.0232. The van der Waals surface area contributed by atoms with Gasteiger partial charge >= 0.3 is 0 Å². The van der Waals surface area contributed by atoms with Crippen molar-refractivity contribution in [2.75, 3.05) is 20.0 Å². The Morgan fingerprint density at radius 2 is 1.95 bits per heavy atom. The van der Waals surface area contributed by atoms with Gasteiger partial charge in [-0.2, -0.15) is 5.26 Å². The van der Waals surface area contributed by atoms with Gasteiger partial charge in [0.15, 0.2) is 0 Å². The fourth-order valence-electron chi connectivity index (χ4n) is 2.79. The molecule has 0 aromatic heterocycles. The van der Waals surface area contributed by atoms with Gasteiger partial charge in [-0.15, -0.1) is 23.5 Å². The van der Waals surface area contributed by atoms with E-state index < -0.39 is 0 Å². The first-order chi connectivity index (χ1) is 10.3. The van der Waals surface area contributed by atoms with Gasteiger partial charge in [0.05, 0.1) is 22.3 Å². The second-order valence-electron chi connectivity index (χ2n) is 5.00. The average Bonchev–Trinajstić information content (AvgIpc) is 2.83. The third kappa shape index (κ3) is 2.94. The number of benzene rings is 1. The fraction of sp³-hybridized carbons (Fsp3) is 0.533. The van der Waals surface area contributed by atoms with Crippen LogP contribution >= 0.6 is 23.5 Å². The number of nitriles is 1. The Morgan fingerprint density at radius 3 is 2.57 bits per heavy atom. The molecular formula is C15H17NO3S2. The van der Waals surface area contributed by atoms with Crippen LogP contribution in [0.3, 0.4) is 0 Å². The molecule has 112 valence electrons. The summed E-state index contributed by atoms with van der Waals surface area (Å²) in [7, 11) is 3.43. The first-order valence-electron chi connectivity index (χ1n) is 6.76. The van der Waals surface area contributed by atoms with E-state index in [-0.39, 0.29) is 29.0 Å². The van der Waals surface area contributed by atoms with Crippen LogP contribution in [0.5, 0.6) is 0 Å². The molecule has 0 radical (unpaired) electrons. The third-order valence-corrected chi connectivity index (χ3v) is 6.68. The van der Waals surface area contributed by atoms with Crippen molar-refractivity contribution in [1.29, 1.82) is 5.26 Å². The summed E-state index contributed by atoms with van der Waals surface area (Å²) in [6.07, 6.45) is 0.141. The molecule has 3 rings (SSSR count). The number of hydrogen-bond acceptors (Lipinski definition) is 6. The molecule has 2 fully saturated rings. The summed E-state index contributed by atoms with van der Waals surface area (Å²) in [4.78, 5) is 1.14. The molecule has 6 heteroatoms. The zero-order valence-corrected chi connectivity index (χ0v) is 13.5. The minimum absolute atomic E-state index is 0.0130. The van der Waals surface area contributed by atoms with E-state index in [1.807, 2.05) is 36.0 Å². The van der Waals surface area contributed by atoms with Crippen molar-refractivity contribution in [1.82, 2.24) is 0 Å². The van der Waals surface area contributed by atoms with Crippen molar-refractivity contribution >= 4 is 23.5 Å². The van der Waals surface area contributed by atoms with Gasteiger partial charge in [-0.25, -0.2) is 0 Å². The number of hydrogen-bond donors (Lipinski definition) is 0. The van der Waals surface area contributed by atoms with Crippen molar-refractivity contribution in [3.05, 3.63) is 29.8 Å². The largest absolute Gasteiger partial charge is 0.376 e. The SMILES string of the molecule is CO[C@@H]1[C@H]2O[C@H](CS[C@@H]2Sc2ccc(C#N)cc2)[C@H]1OC. The number of nitrogens with zero attached hydrogens (tertiary/aromatic N) is 1. The summed E-state index contributed by atoms with van der Waals surface area (Å²) in [5.74, 6) is 0.919. The molecule has 5 atom stereocenters. The fourth-order valence-corrected chi connectivity index (χ4v) is 5.60. The molecule has 0 amide bonds. The van der Waals surface area contributed by atoms with E-state index in [1.54, 1.807) is 26.0 Å². The second-order valence-corrected chi connectivity index (χ2v) is 7.68. The summed E-state index contributed by atoms with van der Waals surface area (Å²) in [5.41, 5.74) is 0.682. The van der Waals surface area contributed by atoms with Gasteiger partial charge in [-0.3, -0.25) is 0 Å². The maximum absolute atomic E-state index is 8.85. The van der Waals surface area contributed by atoms with Crippen molar-refractivity contribution in [3.63, 3.8) is 0 Å². The average molecular weight is 323 g/mol. The topological polar surface area (TPSA) is 51.5 Å². The predicted molar refractivity (Wildman–Crippen MR) is 83.5 cm³/mol. The molecule has 2 bridgehead atoms. The van der Waals surface area contributed by atoms with Gasteiger partial charge in [0, 0.05) is 24.9 Å². The Morgan fingerprint density at radius 1 is 1.24 bits per heavy atom. The number of fused-ring (bicyclic) bond motifs is 2. The highest BCUT2D eigenvalue weighted by Gasteiger charge is 2.52. The van der Waals surface area contributed by atoms with E-state index in [1.165, 1.54) is 0 Å². The lowest BCUT2D eigenvalue weighted by atomic mass is 10.1. The maximum atomic E-state index is 8.85. The van der Waals surface area contributed by atoms with Crippen LogP contribution in [0, 0.1) is 11.3 Å². The molecule has 4 nitrogen and oxygen atoms in total. The van der Waals surface area contributed by atoms with Crippen LogP contribution in [0.2, 0.25) is 0 Å². The summed E-state index contributed by atoms with van der Waals surface area (Å²) in [6.45, 7) is 0. The van der Waals surface area contributed by atoms with Crippen molar-refractivity contribution < 1.29 is 14.2 Å². The van der Waals surface area contributed by atoms with E-state index in [2.05, 4.69) is 6.07 Å². The van der Waals surface area contributed by atoms with Crippen LogP contribution in [0.1, 0.15) is 5.56 Å². The highest BCUT2D eigenvalue weighted by Crippen LogP contribution is 2.46. The zero-order valence-electron chi connectivity index (χ0n) is 11.9. The molecule has 21 heavy (non-hydrogen) atoms. The molecule has 0 spiro atoms. The highest BCUT2D eigenvalue weighted by molar-refractivity contribution is 8.17. The van der Waals surface area contributed by atoms with E-state index in [4.69, 9.17) is 19.5 Å². The molecule has 0 saturated carbocycles. The van der Waals surface area contributed by atoms with Crippen molar-refractivity contribution in [3.8, 4) is 6.07 Å². The van der Waals surface area contributed by atoms with Gasteiger partial charge in [0.2, 0.25) is 0 Å². The third-order valence-electron chi connectivity index (χ3n) is 3.82. The van der Waals surface area contributed by atoms with E-state index in [0.717, 1.165) is 10.6 Å². The zero-order chi connectivity index (χ0) is 14.8. The van der Waals surface area contributed by atoms with Gasteiger partial charge < -0.3 is 14.2 Å². The minimum atomic E-state index is -0.0223. The van der Waals surface area contributed by atoms with Gasteiger partial charge in [-0.1, -0.05) is 0 Å². The summed E-state index contributed by atoms with van der Waals surface area (Å²) < 4.78 is 17.5. The van der Waals surface area contributed by atoms with Crippen LogP contribution < -0.4 is 0 Å². The summed E-state index contributed by atoms with van der Waals surface area (Å²) in [5, 5.41) is 8.85. The molecular weight excluding hydrogens is 306 g/mol. The maximum Gasteiger partial charge on any atom is 0.114 e. The predicted octanol–water partition coefficient (Wildman–Crippen LogP) is 2.52. The lowest BCUT2D eigenvalue weighted by Crippen LogP contribution is -2.37. The van der Waals surface area contributed by atoms with Crippen LogP contribution in [-0.4, -0.2) is 49.0 Å². The highest BCUT2D eigenvalue weighted by atomic mass is 32.2. The van der Waals surface area contributed by atoms with Crippen molar-refractivity contribution in [2.24, 2.45) is 0 Å². The van der Waals surface area contributed by atoms with Gasteiger partial charge in [0.1, 0.15) is 18.3 Å². The van der Waals surface area contributed by atoms with Gasteiger partial charge in [0.25, 0.3) is 0 Å². The van der Waals surface area contributed by atoms with E-state index in [9.17, 15) is 0 Å². The Hall–Kier alpha value is -0.710. The first-order valence-corrected chi connectivity index (χ1v) is 8.69. The molecule has 2 aliphatic rings. The number of methoxy groups -OCH3 is 2. The Kier molecular flexibility index (Phi) is 4.77. The Bertz CT molecular complexity index is 531. The number of thioether (sulfide) groups is 2. The second kappa shape index (κ2) is 6.59. The minimum Gasteiger partial charge on any atom is -0.376 e. The molecule has 1 aromatic carbocycles. The van der Waals surface area contributed by atoms with Gasteiger partial charge in [-0.05, 0) is 24.3 Å². The number of rotatable bonds is 4. The first kappa shape index (κ1) is 15.2. The molecule has 0 N–H and O–H groups in total. The normalized spacial score (nSPS) is 34.6. The Labute approximate surface area is 133 Å². The molecule has 0 aliphatic carbocycles. The molecule has 2 heterocycles. The monoisotopic (exact) mass is 323 g/mol. The molecule has 2 aliphatic heterocycles.